The summed E-state index contributed by atoms with van der Waals surface area (Å²) in [6.45, 7) is 12.7. The first-order valence-corrected chi connectivity index (χ1v) is 9.31. The molecule has 0 heterocycles. The van der Waals surface area contributed by atoms with Crippen LogP contribution in [0.4, 0.5) is 0 Å². The first-order valence-electron chi connectivity index (χ1n) is 9.31. The van der Waals surface area contributed by atoms with Gasteiger partial charge in [0.05, 0.1) is 0 Å². The van der Waals surface area contributed by atoms with E-state index in [-0.39, 0.29) is 0 Å². The number of hydrogen-bond donors (Lipinski definition) is 0. The van der Waals surface area contributed by atoms with Crippen LogP contribution in [0.2, 0.25) is 0 Å². The minimum atomic E-state index is 0.683. The zero-order valence-corrected chi connectivity index (χ0v) is 14.3. The molecule has 0 saturated heterocycles. The molecule has 114 valence electrons. The Kier molecular flexibility index (Phi) is 2.76. The van der Waals surface area contributed by atoms with Crippen LogP contribution in [-0.4, -0.2) is 0 Å². The summed E-state index contributed by atoms with van der Waals surface area (Å²) in [5, 5.41) is 0. The molecular weight excluding hydrogens is 240 g/mol. The molecule has 20 heavy (non-hydrogen) atoms. The van der Waals surface area contributed by atoms with Crippen molar-refractivity contribution < 1.29 is 0 Å². The summed E-state index contributed by atoms with van der Waals surface area (Å²) >= 11 is 0. The summed E-state index contributed by atoms with van der Waals surface area (Å²) in [6.07, 6.45) is 9.32. The fourth-order valence-corrected chi connectivity index (χ4v) is 6.91. The Morgan fingerprint density at radius 1 is 0.750 bits per heavy atom. The molecule has 5 aliphatic carbocycles. The van der Waals surface area contributed by atoms with E-state index in [1.54, 1.807) is 25.7 Å². The summed E-state index contributed by atoms with van der Waals surface area (Å²) in [5.41, 5.74) is 1.37. The molecule has 0 N–H and O–H groups in total. The monoisotopic (exact) mass is 274 g/mol. The van der Waals surface area contributed by atoms with Gasteiger partial charge in [0.15, 0.2) is 0 Å². The van der Waals surface area contributed by atoms with Crippen LogP contribution < -0.4 is 0 Å². The van der Waals surface area contributed by atoms with Crippen molar-refractivity contribution in [2.45, 2.75) is 73.1 Å². The van der Waals surface area contributed by atoms with Crippen LogP contribution in [0.25, 0.3) is 0 Å². The highest BCUT2D eigenvalue weighted by molar-refractivity contribution is 5.10. The van der Waals surface area contributed by atoms with Gasteiger partial charge >= 0.3 is 0 Å². The van der Waals surface area contributed by atoms with Gasteiger partial charge in [-0.3, -0.25) is 0 Å². The van der Waals surface area contributed by atoms with E-state index in [2.05, 4.69) is 34.6 Å². The second-order valence-electron chi connectivity index (χ2n) is 10.2. The van der Waals surface area contributed by atoms with Gasteiger partial charge in [0.1, 0.15) is 0 Å². The molecule has 5 aliphatic rings. The average Bonchev–Trinajstić information content (AvgIpc) is 2.91. The molecule has 5 rings (SSSR count). The van der Waals surface area contributed by atoms with E-state index in [1.807, 2.05) is 0 Å². The molecule has 0 aromatic carbocycles. The summed E-state index contributed by atoms with van der Waals surface area (Å²) in [5.74, 6) is 7.41. The van der Waals surface area contributed by atoms with Crippen molar-refractivity contribution in [1.29, 1.82) is 0 Å². The van der Waals surface area contributed by atoms with E-state index >= 15 is 0 Å². The maximum Gasteiger partial charge on any atom is -0.0292 e. The van der Waals surface area contributed by atoms with Crippen molar-refractivity contribution in [2.75, 3.05) is 0 Å². The van der Waals surface area contributed by atoms with Gasteiger partial charge in [-0.15, -0.1) is 0 Å². The van der Waals surface area contributed by atoms with E-state index in [1.165, 1.54) is 12.8 Å². The fourth-order valence-electron chi connectivity index (χ4n) is 6.91. The van der Waals surface area contributed by atoms with Crippen LogP contribution >= 0.6 is 0 Å². The van der Waals surface area contributed by atoms with Gasteiger partial charge in [0, 0.05) is 0 Å². The molecule has 7 unspecified atom stereocenters. The predicted molar refractivity (Wildman–Crippen MR) is 85.4 cm³/mol. The minimum Gasteiger partial charge on any atom is -0.0622 e. The van der Waals surface area contributed by atoms with Gasteiger partial charge in [-0.05, 0) is 90.8 Å². The highest BCUT2D eigenvalue weighted by atomic mass is 14.7. The molecule has 7 atom stereocenters. The summed E-state index contributed by atoms with van der Waals surface area (Å²) in [7, 11) is 0. The van der Waals surface area contributed by atoms with Gasteiger partial charge in [0.25, 0.3) is 0 Å². The lowest BCUT2D eigenvalue weighted by Crippen LogP contribution is -2.52. The van der Waals surface area contributed by atoms with Gasteiger partial charge in [0.2, 0.25) is 0 Å². The first kappa shape index (κ1) is 13.6. The van der Waals surface area contributed by atoms with Crippen LogP contribution in [-0.2, 0) is 0 Å². The molecule has 0 aromatic heterocycles. The van der Waals surface area contributed by atoms with Crippen LogP contribution in [0.15, 0.2) is 0 Å². The normalized spacial score (nSPS) is 54.8. The molecule has 5 saturated carbocycles. The Balaban J connectivity index is 1.42. The summed E-state index contributed by atoms with van der Waals surface area (Å²) in [4.78, 5) is 0. The highest BCUT2D eigenvalue weighted by Crippen LogP contribution is 2.68. The van der Waals surface area contributed by atoms with Crippen molar-refractivity contribution in [3.63, 3.8) is 0 Å². The first-order chi connectivity index (χ1) is 9.31. The van der Waals surface area contributed by atoms with E-state index in [9.17, 15) is 0 Å². The van der Waals surface area contributed by atoms with Crippen LogP contribution in [0.3, 0.4) is 0 Å². The highest BCUT2D eigenvalue weighted by Gasteiger charge is 2.61. The van der Waals surface area contributed by atoms with Crippen molar-refractivity contribution >= 4 is 0 Å². The Morgan fingerprint density at radius 3 is 2.10 bits per heavy atom. The third-order valence-electron chi connectivity index (χ3n) is 8.88. The molecule has 0 heteroatoms. The van der Waals surface area contributed by atoms with E-state index in [0.29, 0.717) is 10.8 Å². The third-order valence-corrected chi connectivity index (χ3v) is 8.88. The third kappa shape index (κ3) is 1.72. The molecular formula is C20H34. The van der Waals surface area contributed by atoms with Crippen LogP contribution in [0, 0.1) is 52.3 Å². The van der Waals surface area contributed by atoms with Crippen LogP contribution in [0.5, 0.6) is 0 Å². The lowest BCUT2D eigenvalue weighted by atomic mass is 9.44. The van der Waals surface area contributed by atoms with Gasteiger partial charge in [-0.1, -0.05) is 34.6 Å². The number of rotatable bonds is 2. The Bertz CT molecular complexity index is 402. The fraction of sp³-hybridized carbons (Fsp3) is 1.00. The lowest BCUT2D eigenvalue weighted by Gasteiger charge is -2.61. The average molecular weight is 274 g/mol. The SMILES string of the molecule is CC1CC2C(CC1CC1CCC3CC1C3(C)C)C2(C)C. The van der Waals surface area contributed by atoms with E-state index in [0.717, 1.165) is 41.4 Å². The molecule has 0 aromatic rings. The molecule has 0 aliphatic heterocycles. The Labute approximate surface area is 126 Å². The van der Waals surface area contributed by atoms with Gasteiger partial charge < -0.3 is 0 Å². The maximum atomic E-state index is 2.56. The van der Waals surface area contributed by atoms with Crippen molar-refractivity contribution in [1.82, 2.24) is 0 Å². The van der Waals surface area contributed by atoms with Gasteiger partial charge in [-0.2, -0.15) is 0 Å². The van der Waals surface area contributed by atoms with Crippen molar-refractivity contribution in [3.8, 4) is 0 Å². The molecule has 0 nitrogen and oxygen atoms in total. The topological polar surface area (TPSA) is 0 Å². The number of fused-ring (bicyclic) bond motifs is 3. The standard InChI is InChI=1S/C20H34/c1-12-8-17-18(20(17,4)5)10-14(12)9-13-6-7-15-11-16(13)19(15,2)3/h12-18H,6-11H2,1-5H3. The second kappa shape index (κ2) is 4.05. The zero-order chi connectivity index (χ0) is 14.3. The molecule has 5 fully saturated rings. The van der Waals surface area contributed by atoms with Gasteiger partial charge in [-0.25, -0.2) is 0 Å². The van der Waals surface area contributed by atoms with Crippen molar-refractivity contribution in [3.05, 3.63) is 0 Å². The molecule has 0 spiro atoms. The minimum absolute atomic E-state index is 0.683. The quantitative estimate of drug-likeness (QED) is 0.600. The van der Waals surface area contributed by atoms with E-state index in [4.69, 9.17) is 0 Å². The lowest BCUT2D eigenvalue weighted by molar-refractivity contribution is -0.112. The Hall–Kier alpha value is 0. The second-order valence-corrected chi connectivity index (χ2v) is 10.2. The maximum absolute atomic E-state index is 2.56. The Morgan fingerprint density at radius 2 is 1.45 bits per heavy atom. The van der Waals surface area contributed by atoms with E-state index < -0.39 is 0 Å². The molecule has 2 bridgehead atoms. The summed E-state index contributed by atoms with van der Waals surface area (Å²) < 4.78 is 0. The number of hydrogen-bond acceptors (Lipinski definition) is 0. The molecule has 0 radical (unpaired) electrons. The predicted octanol–water partition coefficient (Wildman–Crippen LogP) is 5.77. The largest absolute Gasteiger partial charge is 0.0622 e. The van der Waals surface area contributed by atoms with Crippen LogP contribution in [0.1, 0.15) is 73.1 Å². The smallest absolute Gasteiger partial charge is 0.0292 e. The molecule has 0 amide bonds. The summed E-state index contributed by atoms with van der Waals surface area (Å²) in [6, 6.07) is 0. The van der Waals surface area contributed by atoms with Crippen molar-refractivity contribution in [2.24, 2.45) is 52.3 Å². The zero-order valence-electron chi connectivity index (χ0n) is 14.3.